The first kappa shape index (κ1) is 18.5. The highest BCUT2D eigenvalue weighted by Gasteiger charge is 2.13. The van der Waals surface area contributed by atoms with Crippen LogP contribution < -0.4 is 10.5 Å². The van der Waals surface area contributed by atoms with Gasteiger partial charge in [0.1, 0.15) is 17.8 Å². The predicted molar refractivity (Wildman–Crippen MR) is 99.1 cm³/mol. The van der Waals surface area contributed by atoms with Gasteiger partial charge in [-0.1, -0.05) is 17.3 Å². The number of nitrogens with zero attached hydrogens (tertiary/aromatic N) is 3. The molecule has 3 heterocycles. The second kappa shape index (κ2) is 8.91. The number of ketones is 1. The first-order chi connectivity index (χ1) is 13.2. The highest BCUT2D eigenvalue weighted by Crippen LogP contribution is 2.26. The molecule has 3 aromatic heterocycles. The number of Topliss-reactive ketones (excluding diaryl/α,β-unsaturated/α-hetero) is 1. The minimum Gasteiger partial charge on any atom is -0.481 e. The third-order valence-corrected chi connectivity index (χ3v) is 4.01. The molecule has 0 unspecified atom stereocenters. The van der Waals surface area contributed by atoms with Gasteiger partial charge in [-0.2, -0.15) is 0 Å². The van der Waals surface area contributed by atoms with Crippen LogP contribution in [-0.4, -0.2) is 33.0 Å². The SMILES string of the molecule is COc1ncccc1-c1c[nH]c([C@@H](N)C/C=C/CCC(=O)c2ccon2)n1. The van der Waals surface area contributed by atoms with Crippen LogP contribution in [0.15, 0.2) is 53.5 Å². The van der Waals surface area contributed by atoms with Crippen molar-refractivity contribution in [3.05, 3.63) is 60.5 Å². The average Bonchev–Trinajstić information content (AvgIpc) is 3.39. The Labute approximate surface area is 156 Å². The van der Waals surface area contributed by atoms with Crippen molar-refractivity contribution in [3.63, 3.8) is 0 Å². The summed E-state index contributed by atoms with van der Waals surface area (Å²) < 4.78 is 9.93. The number of nitrogens with one attached hydrogen (secondary N) is 1. The molecular formula is C19H21N5O3. The van der Waals surface area contributed by atoms with Crippen molar-refractivity contribution in [2.75, 3.05) is 7.11 Å². The lowest BCUT2D eigenvalue weighted by molar-refractivity contribution is 0.0975. The van der Waals surface area contributed by atoms with Gasteiger partial charge in [0, 0.05) is 24.9 Å². The Morgan fingerprint density at radius 2 is 2.30 bits per heavy atom. The molecule has 1 atom stereocenters. The van der Waals surface area contributed by atoms with Gasteiger partial charge in [-0.05, 0) is 25.0 Å². The van der Waals surface area contributed by atoms with Crippen molar-refractivity contribution in [1.82, 2.24) is 20.1 Å². The largest absolute Gasteiger partial charge is 0.481 e. The Hall–Kier alpha value is -3.26. The van der Waals surface area contributed by atoms with E-state index in [0.717, 1.165) is 11.3 Å². The molecule has 0 saturated heterocycles. The predicted octanol–water partition coefficient (Wildman–Crippen LogP) is 3.08. The van der Waals surface area contributed by atoms with E-state index in [0.29, 0.717) is 36.7 Å². The van der Waals surface area contributed by atoms with Crippen LogP contribution in [0, 0.1) is 0 Å². The molecule has 0 aliphatic rings. The number of H-pyrrole nitrogens is 1. The maximum Gasteiger partial charge on any atom is 0.222 e. The molecule has 3 rings (SSSR count). The number of ether oxygens (including phenoxy) is 1. The number of hydrogen-bond acceptors (Lipinski definition) is 7. The number of rotatable bonds is 9. The first-order valence-corrected chi connectivity index (χ1v) is 8.58. The topological polar surface area (TPSA) is 120 Å². The molecule has 8 heteroatoms. The minimum absolute atomic E-state index is 0.0428. The van der Waals surface area contributed by atoms with Gasteiger partial charge in [-0.15, -0.1) is 0 Å². The Morgan fingerprint density at radius 1 is 1.41 bits per heavy atom. The summed E-state index contributed by atoms with van der Waals surface area (Å²) in [6.45, 7) is 0. The molecule has 0 aromatic carbocycles. The summed E-state index contributed by atoms with van der Waals surface area (Å²) in [4.78, 5) is 23.6. The monoisotopic (exact) mass is 367 g/mol. The van der Waals surface area contributed by atoms with Crippen molar-refractivity contribution in [2.45, 2.75) is 25.3 Å². The van der Waals surface area contributed by atoms with E-state index in [2.05, 4.69) is 24.6 Å². The Balaban J connectivity index is 1.52. The van der Waals surface area contributed by atoms with Crippen LogP contribution in [-0.2, 0) is 0 Å². The molecule has 0 aliphatic heterocycles. The van der Waals surface area contributed by atoms with Gasteiger partial charge in [-0.3, -0.25) is 4.79 Å². The summed E-state index contributed by atoms with van der Waals surface area (Å²) in [5.74, 6) is 1.15. The number of nitrogens with two attached hydrogens (primary N) is 1. The summed E-state index contributed by atoms with van der Waals surface area (Å²) in [6, 6.07) is 5.01. The number of methoxy groups -OCH3 is 1. The summed E-state index contributed by atoms with van der Waals surface area (Å²) in [7, 11) is 1.57. The molecule has 0 radical (unpaired) electrons. The fraction of sp³-hybridized carbons (Fsp3) is 0.263. The second-order valence-corrected chi connectivity index (χ2v) is 5.89. The molecule has 0 bridgehead atoms. The van der Waals surface area contributed by atoms with Gasteiger partial charge in [0.2, 0.25) is 5.88 Å². The molecule has 140 valence electrons. The zero-order valence-corrected chi connectivity index (χ0v) is 15.0. The van der Waals surface area contributed by atoms with Gasteiger partial charge < -0.3 is 20.0 Å². The molecule has 0 fully saturated rings. The van der Waals surface area contributed by atoms with Crippen LogP contribution in [0.1, 0.15) is 41.6 Å². The molecule has 0 saturated carbocycles. The van der Waals surface area contributed by atoms with Crippen LogP contribution in [0.25, 0.3) is 11.3 Å². The number of pyridine rings is 1. The minimum atomic E-state index is -0.274. The van der Waals surface area contributed by atoms with Crippen LogP contribution >= 0.6 is 0 Å². The quantitative estimate of drug-likeness (QED) is 0.440. The van der Waals surface area contributed by atoms with Crippen molar-refractivity contribution >= 4 is 5.78 Å². The number of aromatic nitrogens is 4. The Bertz CT molecular complexity index is 902. The molecule has 27 heavy (non-hydrogen) atoms. The van der Waals surface area contributed by atoms with Crippen LogP contribution in [0.5, 0.6) is 5.88 Å². The fourth-order valence-electron chi connectivity index (χ4n) is 2.58. The van der Waals surface area contributed by atoms with E-state index >= 15 is 0 Å². The average molecular weight is 367 g/mol. The second-order valence-electron chi connectivity index (χ2n) is 5.89. The van der Waals surface area contributed by atoms with Crippen molar-refractivity contribution in [1.29, 1.82) is 0 Å². The van der Waals surface area contributed by atoms with E-state index in [1.165, 1.54) is 6.26 Å². The summed E-state index contributed by atoms with van der Waals surface area (Å²) in [5, 5.41) is 3.63. The van der Waals surface area contributed by atoms with Crippen LogP contribution in [0.2, 0.25) is 0 Å². The number of aromatic amines is 1. The molecule has 0 spiro atoms. The fourth-order valence-corrected chi connectivity index (χ4v) is 2.58. The smallest absolute Gasteiger partial charge is 0.222 e. The summed E-state index contributed by atoms with van der Waals surface area (Å²) in [5.41, 5.74) is 8.08. The maximum atomic E-state index is 11.8. The number of hydrogen-bond donors (Lipinski definition) is 2. The molecule has 8 nitrogen and oxygen atoms in total. The highest BCUT2D eigenvalue weighted by atomic mass is 16.5. The zero-order chi connectivity index (χ0) is 19.1. The Morgan fingerprint density at radius 3 is 3.07 bits per heavy atom. The van der Waals surface area contributed by atoms with E-state index in [1.54, 1.807) is 25.6 Å². The molecule has 3 aromatic rings. The lowest BCUT2D eigenvalue weighted by atomic mass is 10.1. The zero-order valence-electron chi connectivity index (χ0n) is 15.0. The summed E-state index contributed by atoms with van der Waals surface area (Å²) in [6.07, 6.45) is 10.3. The maximum absolute atomic E-state index is 11.8. The van der Waals surface area contributed by atoms with Crippen LogP contribution in [0.3, 0.4) is 0 Å². The molecular weight excluding hydrogens is 346 g/mol. The van der Waals surface area contributed by atoms with E-state index in [-0.39, 0.29) is 11.8 Å². The lowest BCUT2D eigenvalue weighted by Gasteiger charge is -2.05. The third-order valence-electron chi connectivity index (χ3n) is 4.01. The normalized spacial score (nSPS) is 12.4. The van der Waals surface area contributed by atoms with Gasteiger partial charge >= 0.3 is 0 Å². The van der Waals surface area contributed by atoms with Gasteiger partial charge in [-0.25, -0.2) is 9.97 Å². The molecule has 0 amide bonds. The number of allylic oxidation sites excluding steroid dienone is 1. The number of imidazole rings is 1. The van der Waals surface area contributed by atoms with Crippen molar-refractivity contribution in [3.8, 4) is 17.1 Å². The van der Waals surface area contributed by atoms with E-state index in [1.807, 2.05) is 24.3 Å². The van der Waals surface area contributed by atoms with Crippen molar-refractivity contribution in [2.24, 2.45) is 5.73 Å². The van der Waals surface area contributed by atoms with Crippen molar-refractivity contribution < 1.29 is 14.1 Å². The first-order valence-electron chi connectivity index (χ1n) is 8.58. The highest BCUT2D eigenvalue weighted by molar-refractivity contribution is 5.93. The van der Waals surface area contributed by atoms with Gasteiger partial charge in [0.25, 0.3) is 0 Å². The van der Waals surface area contributed by atoms with Crippen LogP contribution in [0.4, 0.5) is 0 Å². The summed E-state index contributed by atoms with van der Waals surface area (Å²) >= 11 is 0. The Kier molecular flexibility index (Phi) is 6.11. The standard InChI is InChI=1S/C19H21N5O3/c1-26-19-13(6-5-10-21-19)16-12-22-18(23-16)14(20)7-3-2-4-8-17(25)15-9-11-27-24-15/h2-3,5-6,9-12,14H,4,7-8,20H2,1H3,(H,22,23)/b3-2+/t14-/m0/s1. The van der Waals surface area contributed by atoms with E-state index < -0.39 is 0 Å². The molecule has 0 aliphatic carbocycles. The van der Waals surface area contributed by atoms with E-state index in [4.69, 9.17) is 10.5 Å². The van der Waals surface area contributed by atoms with Gasteiger partial charge in [0.05, 0.1) is 24.4 Å². The number of carbonyl (C=O) groups is 1. The van der Waals surface area contributed by atoms with Gasteiger partial charge in [0.15, 0.2) is 5.78 Å². The van der Waals surface area contributed by atoms with E-state index in [9.17, 15) is 4.79 Å². The third kappa shape index (κ3) is 4.68. The lowest BCUT2D eigenvalue weighted by Crippen LogP contribution is -2.10. The molecule has 3 N–H and O–H groups in total. The number of carbonyl (C=O) groups excluding carboxylic acids is 1.